The largest absolute Gasteiger partial charge is 0.421 e. The molecule has 0 aliphatic rings. The summed E-state index contributed by atoms with van der Waals surface area (Å²) in [5, 5.41) is 6.32. The number of fused-ring (bicyclic) bond motifs is 1. The van der Waals surface area contributed by atoms with Crippen LogP contribution >= 0.6 is 23.5 Å². The van der Waals surface area contributed by atoms with Crippen LogP contribution in [0.2, 0.25) is 0 Å². The van der Waals surface area contributed by atoms with Crippen molar-refractivity contribution in [2.24, 2.45) is 7.05 Å². The lowest BCUT2D eigenvalue weighted by Gasteiger charge is -2.17. The van der Waals surface area contributed by atoms with Gasteiger partial charge in [0.05, 0.1) is 30.4 Å². The zero-order valence-corrected chi connectivity index (χ0v) is 24.2. The summed E-state index contributed by atoms with van der Waals surface area (Å²) in [5.74, 6) is -0.627. The van der Waals surface area contributed by atoms with Gasteiger partial charge in [0.15, 0.2) is 0 Å². The second-order valence-electron chi connectivity index (χ2n) is 8.62. The maximum absolute atomic E-state index is 13.9. The number of rotatable bonds is 10. The fourth-order valence-electron chi connectivity index (χ4n) is 3.96. The van der Waals surface area contributed by atoms with Gasteiger partial charge < -0.3 is 24.2 Å². The van der Waals surface area contributed by atoms with Gasteiger partial charge in [-0.3, -0.25) is 9.36 Å². The summed E-state index contributed by atoms with van der Waals surface area (Å²) in [6.45, 7) is 3.93. The molecule has 0 bridgehead atoms. The number of aryl methyl sites for hydroxylation is 1. The molecule has 2 heterocycles. The Morgan fingerprint density at radius 1 is 1.02 bits per heavy atom. The third-order valence-electron chi connectivity index (χ3n) is 5.78. The fourth-order valence-corrected chi connectivity index (χ4v) is 6.13. The van der Waals surface area contributed by atoms with Crippen LogP contribution in [0.4, 0.5) is 36.3 Å². The van der Waals surface area contributed by atoms with Gasteiger partial charge in [-0.1, -0.05) is 28.1 Å². The minimum Gasteiger partial charge on any atom is -0.339 e. The second-order valence-corrected chi connectivity index (χ2v) is 11.5. The minimum atomic E-state index is -4.76. The zero-order chi connectivity index (χ0) is 29.1. The van der Waals surface area contributed by atoms with Crippen molar-refractivity contribution in [1.29, 1.82) is 0 Å². The standard InChI is InChI=1S/C26H26BrF3N5O4P/c1-4-38-40(37,39-5-2)15-16-6-8-17(9-7-16)32-25-31-14-19(26(28,29)30)23(34-25)33-21-11-10-20(27)18-12-13-35(3)24(36)22(18)21/h6-14H,4-5,15H2,1-3H3,(H2,31,32,33,34). The molecule has 0 fully saturated rings. The first-order valence-corrected chi connectivity index (χ1v) is 14.7. The van der Waals surface area contributed by atoms with Gasteiger partial charge in [0.2, 0.25) is 5.95 Å². The number of hydrogen-bond acceptors (Lipinski definition) is 8. The van der Waals surface area contributed by atoms with Crippen LogP contribution in [0.15, 0.2) is 64.1 Å². The molecule has 4 rings (SSSR count). The average Bonchev–Trinajstić information content (AvgIpc) is 2.88. The third kappa shape index (κ3) is 6.72. The van der Waals surface area contributed by atoms with Crippen LogP contribution in [0.25, 0.3) is 10.8 Å². The summed E-state index contributed by atoms with van der Waals surface area (Å²) in [6, 6.07) is 11.5. The summed E-state index contributed by atoms with van der Waals surface area (Å²) < 4.78 is 67.0. The number of pyridine rings is 1. The molecule has 0 saturated carbocycles. The molecule has 2 aromatic heterocycles. The van der Waals surface area contributed by atoms with Gasteiger partial charge in [-0.05, 0) is 49.7 Å². The Kier molecular flexibility index (Phi) is 8.99. The lowest BCUT2D eigenvalue weighted by Crippen LogP contribution is -2.18. The number of nitrogens with zero attached hydrogens (tertiary/aromatic N) is 3. The number of benzene rings is 2. The van der Waals surface area contributed by atoms with E-state index in [1.54, 1.807) is 63.5 Å². The predicted octanol–water partition coefficient (Wildman–Crippen LogP) is 7.36. The summed E-state index contributed by atoms with van der Waals surface area (Å²) in [7, 11) is -1.74. The predicted molar refractivity (Wildman–Crippen MR) is 151 cm³/mol. The van der Waals surface area contributed by atoms with Crippen molar-refractivity contribution in [2.45, 2.75) is 26.2 Å². The smallest absolute Gasteiger partial charge is 0.339 e. The Balaban J connectivity index is 1.65. The highest BCUT2D eigenvalue weighted by atomic mass is 79.9. The van der Waals surface area contributed by atoms with Crippen molar-refractivity contribution in [3.8, 4) is 0 Å². The summed E-state index contributed by atoms with van der Waals surface area (Å²) in [6.07, 6.45) is -2.44. The molecular weight excluding hydrogens is 614 g/mol. The highest BCUT2D eigenvalue weighted by molar-refractivity contribution is 9.10. The molecular formula is C26H26BrF3N5O4P. The van der Waals surface area contributed by atoms with Crippen LogP contribution in [-0.4, -0.2) is 27.7 Å². The molecule has 0 amide bonds. The van der Waals surface area contributed by atoms with Crippen molar-refractivity contribution in [3.05, 3.63) is 80.8 Å². The topological polar surface area (TPSA) is 107 Å². The van der Waals surface area contributed by atoms with E-state index < -0.39 is 25.2 Å². The highest BCUT2D eigenvalue weighted by Crippen LogP contribution is 2.51. The normalized spacial score (nSPS) is 12.1. The molecule has 0 aliphatic heterocycles. The Labute approximate surface area is 236 Å². The van der Waals surface area contributed by atoms with Gasteiger partial charge in [-0.25, -0.2) is 4.98 Å². The van der Waals surface area contributed by atoms with E-state index in [0.29, 0.717) is 27.3 Å². The van der Waals surface area contributed by atoms with E-state index in [2.05, 4.69) is 36.5 Å². The monoisotopic (exact) mass is 639 g/mol. The quantitative estimate of drug-likeness (QED) is 0.173. The fraction of sp³-hybridized carbons (Fsp3) is 0.269. The van der Waals surface area contributed by atoms with E-state index >= 15 is 0 Å². The minimum absolute atomic E-state index is 0.0699. The van der Waals surface area contributed by atoms with Crippen molar-refractivity contribution < 1.29 is 26.8 Å². The van der Waals surface area contributed by atoms with Crippen LogP contribution in [0, 0.1) is 0 Å². The zero-order valence-electron chi connectivity index (χ0n) is 21.8. The lowest BCUT2D eigenvalue weighted by molar-refractivity contribution is -0.137. The molecule has 4 aromatic rings. The Hall–Kier alpha value is -3.25. The number of nitrogens with one attached hydrogen (secondary N) is 2. The van der Waals surface area contributed by atoms with Crippen LogP contribution in [0.1, 0.15) is 25.0 Å². The maximum Gasteiger partial charge on any atom is 0.421 e. The first-order chi connectivity index (χ1) is 18.9. The molecule has 212 valence electrons. The number of halogens is 4. The van der Waals surface area contributed by atoms with Gasteiger partial charge in [0.25, 0.3) is 5.56 Å². The van der Waals surface area contributed by atoms with Crippen LogP contribution in [-0.2, 0) is 33.0 Å². The molecule has 2 N–H and O–H groups in total. The Bertz CT molecular complexity index is 1620. The number of aromatic nitrogens is 3. The molecule has 0 aliphatic carbocycles. The van der Waals surface area contributed by atoms with Crippen LogP contribution in [0.3, 0.4) is 0 Å². The number of alkyl halides is 3. The average molecular weight is 640 g/mol. The molecule has 0 radical (unpaired) electrons. The third-order valence-corrected chi connectivity index (χ3v) is 8.52. The molecule has 0 atom stereocenters. The van der Waals surface area contributed by atoms with Crippen LogP contribution < -0.4 is 16.2 Å². The Morgan fingerprint density at radius 3 is 2.33 bits per heavy atom. The maximum atomic E-state index is 13.9. The first-order valence-electron chi connectivity index (χ1n) is 12.2. The van der Waals surface area contributed by atoms with Crippen molar-refractivity contribution in [3.63, 3.8) is 0 Å². The summed E-state index contributed by atoms with van der Waals surface area (Å²) in [4.78, 5) is 20.8. The number of anilines is 4. The van der Waals surface area contributed by atoms with Crippen molar-refractivity contribution in [1.82, 2.24) is 14.5 Å². The summed E-state index contributed by atoms with van der Waals surface area (Å²) in [5.41, 5.74) is -0.150. The Morgan fingerprint density at radius 2 is 1.70 bits per heavy atom. The second kappa shape index (κ2) is 12.1. The highest BCUT2D eigenvalue weighted by Gasteiger charge is 2.35. The van der Waals surface area contributed by atoms with E-state index in [-0.39, 0.29) is 42.0 Å². The van der Waals surface area contributed by atoms with Crippen molar-refractivity contribution in [2.75, 3.05) is 23.8 Å². The van der Waals surface area contributed by atoms with Gasteiger partial charge in [0, 0.05) is 35.0 Å². The first kappa shape index (κ1) is 29.7. The lowest BCUT2D eigenvalue weighted by atomic mass is 10.1. The van der Waals surface area contributed by atoms with Crippen molar-refractivity contribution >= 4 is 57.4 Å². The van der Waals surface area contributed by atoms with Gasteiger partial charge in [-0.15, -0.1) is 0 Å². The molecule has 40 heavy (non-hydrogen) atoms. The molecule has 14 heteroatoms. The van der Waals surface area contributed by atoms with Crippen LogP contribution in [0.5, 0.6) is 0 Å². The van der Waals surface area contributed by atoms with E-state index in [0.717, 1.165) is 0 Å². The SMILES string of the molecule is CCOP(=O)(Cc1ccc(Nc2ncc(C(F)(F)F)c(Nc3ccc(Br)c4ccn(C)c(=O)c34)n2)cc1)OCC. The van der Waals surface area contributed by atoms with Gasteiger partial charge in [-0.2, -0.15) is 18.2 Å². The van der Waals surface area contributed by atoms with E-state index in [1.165, 1.54) is 10.6 Å². The van der Waals surface area contributed by atoms with Gasteiger partial charge >= 0.3 is 13.8 Å². The summed E-state index contributed by atoms with van der Waals surface area (Å²) >= 11 is 3.39. The molecule has 0 unspecified atom stereocenters. The van der Waals surface area contributed by atoms with E-state index in [1.807, 2.05) is 0 Å². The van der Waals surface area contributed by atoms with E-state index in [4.69, 9.17) is 9.05 Å². The molecule has 0 spiro atoms. The van der Waals surface area contributed by atoms with Gasteiger partial charge in [0.1, 0.15) is 11.4 Å². The molecule has 9 nitrogen and oxygen atoms in total. The molecule has 2 aromatic carbocycles. The molecule has 0 saturated heterocycles. The number of hydrogen-bond donors (Lipinski definition) is 2. The van der Waals surface area contributed by atoms with E-state index in [9.17, 15) is 22.5 Å².